The molecule has 3 heteroatoms. The predicted octanol–water partition coefficient (Wildman–Crippen LogP) is 2.78. The smallest absolute Gasteiger partial charge is 0.123 e. The fourth-order valence-electron chi connectivity index (χ4n) is 2.27. The number of aryl methyl sites for hydroxylation is 2. The van der Waals surface area contributed by atoms with Crippen LogP contribution in [0.5, 0.6) is 5.75 Å². The average molecular weight is 275 g/mol. The highest BCUT2D eigenvalue weighted by atomic mass is 16.5. The third kappa shape index (κ3) is 4.26. The van der Waals surface area contributed by atoms with E-state index in [0.717, 1.165) is 18.8 Å². The summed E-state index contributed by atoms with van der Waals surface area (Å²) in [5.74, 6) is 3.72. The number of nitrogens with zero attached hydrogens (tertiary/aromatic N) is 1. The van der Waals surface area contributed by atoms with Gasteiger partial charge in [-0.25, -0.2) is 0 Å². The Morgan fingerprint density at radius 2 is 2.00 bits per heavy atom. The Balaban J connectivity index is 3.01. The van der Waals surface area contributed by atoms with Crippen LogP contribution in [0.3, 0.4) is 0 Å². The van der Waals surface area contributed by atoms with Crippen LogP contribution in [0.4, 0.5) is 0 Å². The minimum absolute atomic E-state index is 0.0653. The van der Waals surface area contributed by atoms with E-state index in [1.165, 1.54) is 16.7 Å². The first-order valence-electron chi connectivity index (χ1n) is 6.86. The van der Waals surface area contributed by atoms with Gasteiger partial charge in [0.1, 0.15) is 5.75 Å². The van der Waals surface area contributed by atoms with Crippen molar-refractivity contribution in [2.75, 3.05) is 27.4 Å². The number of benzene rings is 1. The Kier molecular flexibility index (Phi) is 6.57. The predicted molar refractivity (Wildman–Crippen MR) is 83.0 cm³/mol. The zero-order valence-electron chi connectivity index (χ0n) is 13.2. The van der Waals surface area contributed by atoms with Crippen molar-refractivity contribution in [3.05, 3.63) is 28.8 Å². The second-order valence-electron chi connectivity index (χ2n) is 5.07. The molecule has 0 fully saturated rings. The number of methoxy groups -OCH3 is 2. The fraction of sp³-hybridized carbons (Fsp3) is 0.529. The zero-order chi connectivity index (χ0) is 15.1. The van der Waals surface area contributed by atoms with Crippen LogP contribution in [-0.4, -0.2) is 38.3 Å². The van der Waals surface area contributed by atoms with Crippen molar-refractivity contribution in [2.24, 2.45) is 0 Å². The number of hydrogen-bond acceptors (Lipinski definition) is 3. The Morgan fingerprint density at radius 3 is 2.55 bits per heavy atom. The number of hydrogen-bond donors (Lipinski definition) is 0. The quantitative estimate of drug-likeness (QED) is 0.714. The van der Waals surface area contributed by atoms with Gasteiger partial charge in [0.05, 0.1) is 19.8 Å². The minimum atomic E-state index is 0.0653. The van der Waals surface area contributed by atoms with Gasteiger partial charge in [0.2, 0.25) is 0 Å². The molecular weight excluding hydrogens is 250 g/mol. The monoisotopic (exact) mass is 275 g/mol. The molecule has 0 aliphatic rings. The summed E-state index contributed by atoms with van der Waals surface area (Å²) in [6.07, 6.45) is 5.57. The van der Waals surface area contributed by atoms with Gasteiger partial charge in [-0.15, -0.1) is 6.42 Å². The molecule has 0 spiro atoms. The van der Waals surface area contributed by atoms with Crippen LogP contribution in [0.15, 0.2) is 12.1 Å². The third-order valence-electron chi connectivity index (χ3n) is 3.53. The SMILES string of the molecule is C#CC(C)N(CCOC)Cc1c(C)cc(C)cc1OC. The molecule has 1 aromatic carbocycles. The molecule has 0 radical (unpaired) electrons. The molecule has 0 aliphatic heterocycles. The normalized spacial score (nSPS) is 12.2. The van der Waals surface area contributed by atoms with E-state index < -0.39 is 0 Å². The molecule has 1 aromatic rings. The lowest BCUT2D eigenvalue weighted by molar-refractivity contribution is 0.133. The van der Waals surface area contributed by atoms with Crippen molar-refractivity contribution in [1.82, 2.24) is 4.90 Å². The van der Waals surface area contributed by atoms with Crippen LogP contribution in [0.25, 0.3) is 0 Å². The van der Waals surface area contributed by atoms with Gasteiger partial charge < -0.3 is 9.47 Å². The van der Waals surface area contributed by atoms with Crippen LogP contribution < -0.4 is 4.74 Å². The van der Waals surface area contributed by atoms with Gasteiger partial charge in [-0.1, -0.05) is 12.0 Å². The van der Waals surface area contributed by atoms with Gasteiger partial charge >= 0.3 is 0 Å². The van der Waals surface area contributed by atoms with Gasteiger partial charge in [-0.2, -0.15) is 0 Å². The molecular formula is C17H25NO2. The Bertz CT molecular complexity index is 477. The van der Waals surface area contributed by atoms with E-state index >= 15 is 0 Å². The highest BCUT2D eigenvalue weighted by Crippen LogP contribution is 2.26. The summed E-state index contributed by atoms with van der Waals surface area (Å²) >= 11 is 0. The molecule has 20 heavy (non-hydrogen) atoms. The summed E-state index contributed by atoms with van der Waals surface area (Å²) in [6, 6.07) is 4.31. The summed E-state index contributed by atoms with van der Waals surface area (Å²) in [4.78, 5) is 2.23. The molecule has 0 bridgehead atoms. The van der Waals surface area contributed by atoms with E-state index in [1.54, 1.807) is 14.2 Å². The van der Waals surface area contributed by atoms with Crippen molar-refractivity contribution >= 4 is 0 Å². The summed E-state index contributed by atoms with van der Waals surface area (Å²) in [6.45, 7) is 8.46. The molecule has 0 heterocycles. The second-order valence-corrected chi connectivity index (χ2v) is 5.07. The first-order valence-corrected chi connectivity index (χ1v) is 6.86. The molecule has 1 rings (SSSR count). The molecule has 0 aromatic heterocycles. The van der Waals surface area contributed by atoms with Crippen LogP contribution in [0.2, 0.25) is 0 Å². The van der Waals surface area contributed by atoms with Crippen molar-refractivity contribution in [2.45, 2.75) is 33.4 Å². The standard InChI is InChI=1S/C17H25NO2/c1-7-15(4)18(8-9-19-5)12-16-14(3)10-13(2)11-17(16)20-6/h1,10-11,15H,8-9,12H2,2-6H3. The van der Waals surface area contributed by atoms with Crippen molar-refractivity contribution < 1.29 is 9.47 Å². The van der Waals surface area contributed by atoms with E-state index in [0.29, 0.717) is 6.61 Å². The van der Waals surface area contributed by atoms with E-state index in [-0.39, 0.29) is 6.04 Å². The van der Waals surface area contributed by atoms with Gasteiger partial charge in [-0.05, 0) is 38.0 Å². The lowest BCUT2D eigenvalue weighted by atomic mass is 10.0. The molecule has 3 nitrogen and oxygen atoms in total. The minimum Gasteiger partial charge on any atom is -0.496 e. The number of ether oxygens (including phenoxy) is 2. The van der Waals surface area contributed by atoms with E-state index in [9.17, 15) is 0 Å². The van der Waals surface area contributed by atoms with E-state index in [4.69, 9.17) is 15.9 Å². The van der Waals surface area contributed by atoms with Crippen molar-refractivity contribution in [1.29, 1.82) is 0 Å². The van der Waals surface area contributed by atoms with Crippen LogP contribution in [-0.2, 0) is 11.3 Å². The molecule has 110 valence electrons. The highest BCUT2D eigenvalue weighted by Gasteiger charge is 2.16. The Morgan fingerprint density at radius 1 is 1.30 bits per heavy atom. The summed E-state index contributed by atoms with van der Waals surface area (Å²) < 4.78 is 10.7. The van der Waals surface area contributed by atoms with E-state index in [2.05, 4.69) is 36.8 Å². The molecule has 0 amide bonds. The maximum absolute atomic E-state index is 5.57. The second kappa shape index (κ2) is 7.94. The summed E-state index contributed by atoms with van der Waals surface area (Å²) in [7, 11) is 3.41. The Hall–Kier alpha value is -1.50. The lowest BCUT2D eigenvalue weighted by Crippen LogP contribution is -2.34. The topological polar surface area (TPSA) is 21.7 Å². The molecule has 1 unspecified atom stereocenters. The zero-order valence-corrected chi connectivity index (χ0v) is 13.2. The summed E-state index contributed by atoms with van der Waals surface area (Å²) in [5.41, 5.74) is 3.63. The van der Waals surface area contributed by atoms with Crippen molar-refractivity contribution in [3.8, 4) is 18.1 Å². The van der Waals surface area contributed by atoms with Gasteiger partial charge in [0, 0.05) is 25.8 Å². The fourth-order valence-corrected chi connectivity index (χ4v) is 2.27. The van der Waals surface area contributed by atoms with Gasteiger partial charge in [0.15, 0.2) is 0 Å². The maximum atomic E-state index is 5.57. The molecule has 0 saturated heterocycles. The van der Waals surface area contributed by atoms with Crippen molar-refractivity contribution in [3.63, 3.8) is 0 Å². The van der Waals surface area contributed by atoms with E-state index in [1.807, 2.05) is 6.92 Å². The first-order chi connectivity index (χ1) is 9.53. The average Bonchev–Trinajstić information content (AvgIpc) is 2.43. The largest absolute Gasteiger partial charge is 0.496 e. The summed E-state index contributed by atoms with van der Waals surface area (Å²) in [5, 5.41) is 0. The van der Waals surface area contributed by atoms with Crippen LogP contribution in [0, 0.1) is 26.2 Å². The van der Waals surface area contributed by atoms with Crippen LogP contribution >= 0.6 is 0 Å². The maximum Gasteiger partial charge on any atom is 0.123 e. The van der Waals surface area contributed by atoms with Crippen LogP contribution in [0.1, 0.15) is 23.6 Å². The first kappa shape index (κ1) is 16.6. The lowest BCUT2D eigenvalue weighted by Gasteiger charge is -2.27. The number of terminal acetylenes is 1. The molecule has 1 atom stereocenters. The van der Waals surface area contributed by atoms with Gasteiger partial charge in [0.25, 0.3) is 0 Å². The Labute approximate surface area is 122 Å². The van der Waals surface area contributed by atoms with Gasteiger partial charge in [-0.3, -0.25) is 4.90 Å². The molecule has 0 N–H and O–H groups in total. The molecule has 0 aliphatic carbocycles. The highest BCUT2D eigenvalue weighted by molar-refractivity contribution is 5.43. The number of rotatable bonds is 7. The third-order valence-corrected chi connectivity index (χ3v) is 3.53. The molecule has 0 saturated carbocycles.